The Labute approximate surface area is 155 Å². The van der Waals surface area contributed by atoms with Gasteiger partial charge in [-0.25, -0.2) is 4.98 Å². The van der Waals surface area contributed by atoms with Crippen molar-refractivity contribution in [2.45, 2.75) is 64.7 Å². The molecule has 4 rings (SSSR count). The lowest BCUT2D eigenvalue weighted by molar-refractivity contribution is -0.132. The molecule has 2 atom stereocenters. The molecular weight excluding hydrogens is 328 g/mol. The van der Waals surface area contributed by atoms with Gasteiger partial charge >= 0.3 is 0 Å². The van der Waals surface area contributed by atoms with Gasteiger partial charge in [0.15, 0.2) is 0 Å². The second-order valence-corrected chi connectivity index (χ2v) is 8.73. The molecular formula is C20H30N4O2. The van der Waals surface area contributed by atoms with E-state index in [4.69, 9.17) is 15.5 Å². The fourth-order valence-electron chi connectivity index (χ4n) is 5.01. The van der Waals surface area contributed by atoms with Gasteiger partial charge in [0.05, 0.1) is 23.6 Å². The van der Waals surface area contributed by atoms with E-state index in [1.807, 2.05) is 19.1 Å². The fraction of sp³-hybridized carbons (Fsp3) is 0.700. The minimum absolute atomic E-state index is 0.127. The summed E-state index contributed by atoms with van der Waals surface area (Å²) in [6, 6.07) is 4.33. The maximum atomic E-state index is 12.5. The molecule has 2 unspecified atom stereocenters. The normalized spacial score (nSPS) is 36.4. The van der Waals surface area contributed by atoms with E-state index in [0.29, 0.717) is 11.5 Å². The van der Waals surface area contributed by atoms with Gasteiger partial charge in [-0.15, -0.1) is 0 Å². The molecule has 26 heavy (non-hydrogen) atoms. The number of anilines is 2. The number of aromatic nitrogens is 1. The van der Waals surface area contributed by atoms with Gasteiger partial charge in [-0.2, -0.15) is 0 Å². The van der Waals surface area contributed by atoms with Crippen LogP contribution in [0.2, 0.25) is 0 Å². The highest BCUT2D eigenvalue weighted by atomic mass is 16.5. The second kappa shape index (κ2) is 6.50. The Bertz CT molecular complexity index is 683. The van der Waals surface area contributed by atoms with Crippen LogP contribution >= 0.6 is 0 Å². The van der Waals surface area contributed by atoms with Crippen LogP contribution in [-0.2, 0) is 9.53 Å². The van der Waals surface area contributed by atoms with Crippen molar-refractivity contribution in [3.05, 3.63) is 17.8 Å². The molecule has 1 aliphatic heterocycles. The minimum atomic E-state index is 0.127. The third kappa shape index (κ3) is 3.32. The van der Waals surface area contributed by atoms with Crippen molar-refractivity contribution in [2.24, 2.45) is 17.1 Å². The van der Waals surface area contributed by atoms with Crippen LogP contribution in [0.4, 0.5) is 11.5 Å². The van der Waals surface area contributed by atoms with E-state index in [1.165, 1.54) is 0 Å². The summed E-state index contributed by atoms with van der Waals surface area (Å²) in [4.78, 5) is 19.5. The molecule has 3 aliphatic rings. The zero-order chi connectivity index (χ0) is 18.5. The van der Waals surface area contributed by atoms with E-state index in [-0.39, 0.29) is 24.0 Å². The zero-order valence-electron chi connectivity index (χ0n) is 16.0. The number of hydrogen-bond donors (Lipinski definition) is 2. The van der Waals surface area contributed by atoms with E-state index >= 15 is 0 Å². The van der Waals surface area contributed by atoms with Crippen LogP contribution in [0.15, 0.2) is 12.1 Å². The summed E-state index contributed by atoms with van der Waals surface area (Å²) in [5, 5.41) is 3.08. The van der Waals surface area contributed by atoms with Crippen molar-refractivity contribution < 1.29 is 9.53 Å². The first-order valence-corrected chi connectivity index (χ1v) is 9.78. The quantitative estimate of drug-likeness (QED) is 0.867. The Hall–Kier alpha value is -1.66. The Morgan fingerprint density at radius 2 is 1.88 bits per heavy atom. The molecule has 3 fully saturated rings. The average Bonchev–Trinajstić information content (AvgIpc) is 2.50. The molecule has 1 aromatic heterocycles. The standard InChI is InChI=1S/C20H30N4O2/c1-12-10-24(11-13(2)26-12)18-5-4-17(14(3)22-18)23-19(25)15-6-20(7-15)8-16(21)9-20/h4-5,12-13,15-16H,6-11,21H2,1-3H3,(H,23,25). The molecule has 2 saturated carbocycles. The Morgan fingerprint density at radius 1 is 1.23 bits per heavy atom. The van der Waals surface area contributed by atoms with Gasteiger partial charge < -0.3 is 20.7 Å². The fourth-order valence-corrected chi connectivity index (χ4v) is 5.01. The van der Waals surface area contributed by atoms with Crippen LogP contribution < -0.4 is 16.0 Å². The number of ether oxygens (including phenoxy) is 1. The maximum absolute atomic E-state index is 12.5. The lowest BCUT2D eigenvalue weighted by Crippen LogP contribution is -2.55. The average molecular weight is 358 g/mol. The molecule has 1 amide bonds. The number of nitrogens with one attached hydrogen (secondary N) is 1. The molecule has 1 saturated heterocycles. The number of morpholine rings is 1. The molecule has 0 aromatic carbocycles. The number of rotatable bonds is 3. The topological polar surface area (TPSA) is 80.5 Å². The van der Waals surface area contributed by atoms with Crippen molar-refractivity contribution >= 4 is 17.4 Å². The van der Waals surface area contributed by atoms with Crippen molar-refractivity contribution in [3.63, 3.8) is 0 Å². The smallest absolute Gasteiger partial charge is 0.227 e. The monoisotopic (exact) mass is 358 g/mol. The molecule has 0 bridgehead atoms. The van der Waals surface area contributed by atoms with Crippen LogP contribution in [0.1, 0.15) is 45.2 Å². The minimum Gasteiger partial charge on any atom is -0.372 e. The molecule has 3 N–H and O–H groups in total. The molecule has 142 valence electrons. The summed E-state index contributed by atoms with van der Waals surface area (Å²) >= 11 is 0. The predicted octanol–water partition coefficient (Wildman–Crippen LogP) is 2.46. The Balaban J connectivity index is 1.37. The molecule has 0 radical (unpaired) electrons. The number of nitrogens with zero attached hydrogens (tertiary/aromatic N) is 2. The van der Waals surface area contributed by atoms with Gasteiger partial charge in [-0.3, -0.25) is 4.79 Å². The third-order valence-corrected chi connectivity index (χ3v) is 6.19. The highest BCUT2D eigenvalue weighted by Gasteiger charge is 2.53. The van der Waals surface area contributed by atoms with Crippen LogP contribution in [0, 0.1) is 18.3 Å². The summed E-state index contributed by atoms with van der Waals surface area (Å²) in [5.41, 5.74) is 7.96. The van der Waals surface area contributed by atoms with Gasteiger partial charge in [-0.1, -0.05) is 0 Å². The van der Waals surface area contributed by atoms with Crippen molar-refractivity contribution in [1.82, 2.24) is 4.98 Å². The van der Waals surface area contributed by atoms with E-state index in [2.05, 4.69) is 24.1 Å². The zero-order valence-corrected chi connectivity index (χ0v) is 16.0. The number of amides is 1. The summed E-state index contributed by atoms with van der Waals surface area (Å²) < 4.78 is 5.79. The highest BCUT2D eigenvalue weighted by Crippen LogP contribution is 2.58. The van der Waals surface area contributed by atoms with Gasteiger partial charge in [0, 0.05) is 25.0 Å². The maximum Gasteiger partial charge on any atom is 0.227 e. The number of pyridine rings is 1. The van der Waals surface area contributed by atoms with Gasteiger partial charge in [-0.05, 0) is 64.0 Å². The van der Waals surface area contributed by atoms with E-state index < -0.39 is 0 Å². The SMILES string of the molecule is Cc1nc(N2CC(C)OC(C)C2)ccc1NC(=O)C1CC2(CC(N)C2)C1. The van der Waals surface area contributed by atoms with Crippen molar-refractivity contribution in [3.8, 4) is 0 Å². The first kappa shape index (κ1) is 17.7. The molecule has 2 aliphatic carbocycles. The van der Waals surface area contributed by atoms with Crippen LogP contribution in [-0.4, -0.2) is 42.2 Å². The van der Waals surface area contributed by atoms with Crippen LogP contribution in [0.3, 0.4) is 0 Å². The van der Waals surface area contributed by atoms with E-state index in [9.17, 15) is 4.79 Å². The highest BCUT2D eigenvalue weighted by molar-refractivity contribution is 5.93. The molecule has 6 nitrogen and oxygen atoms in total. The largest absolute Gasteiger partial charge is 0.372 e. The first-order chi connectivity index (χ1) is 12.3. The summed E-state index contributed by atoms with van der Waals surface area (Å²) in [6.45, 7) is 7.82. The molecule has 1 aromatic rings. The molecule has 1 spiro atoms. The number of nitrogens with two attached hydrogens (primary N) is 1. The summed E-state index contributed by atoms with van der Waals surface area (Å²) in [5.74, 6) is 1.21. The van der Waals surface area contributed by atoms with Crippen LogP contribution in [0.5, 0.6) is 0 Å². The van der Waals surface area contributed by atoms with E-state index in [0.717, 1.165) is 56.0 Å². The number of carbonyl (C=O) groups excluding carboxylic acids is 1. The Kier molecular flexibility index (Phi) is 4.43. The van der Waals surface area contributed by atoms with Gasteiger partial charge in [0.25, 0.3) is 0 Å². The molecule has 6 heteroatoms. The lowest BCUT2D eigenvalue weighted by Gasteiger charge is -2.56. The second-order valence-electron chi connectivity index (χ2n) is 8.73. The number of hydrogen-bond acceptors (Lipinski definition) is 5. The predicted molar refractivity (Wildman–Crippen MR) is 102 cm³/mol. The Morgan fingerprint density at radius 3 is 2.46 bits per heavy atom. The number of aryl methyl sites for hydroxylation is 1. The van der Waals surface area contributed by atoms with Crippen molar-refractivity contribution in [2.75, 3.05) is 23.3 Å². The van der Waals surface area contributed by atoms with E-state index in [1.54, 1.807) is 0 Å². The third-order valence-electron chi connectivity index (χ3n) is 6.19. The first-order valence-electron chi connectivity index (χ1n) is 9.78. The van der Waals surface area contributed by atoms with Crippen molar-refractivity contribution in [1.29, 1.82) is 0 Å². The molecule has 2 heterocycles. The van der Waals surface area contributed by atoms with Gasteiger partial charge in [0.1, 0.15) is 5.82 Å². The lowest BCUT2D eigenvalue weighted by atomic mass is 9.50. The summed E-state index contributed by atoms with van der Waals surface area (Å²) in [7, 11) is 0. The van der Waals surface area contributed by atoms with Crippen LogP contribution in [0.25, 0.3) is 0 Å². The number of carbonyl (C=O) groups is 1. The summed E-state index contributed by atoms with van der Waals surface area (Å²) in [6.07, 6.45) is 4.54. The van der Waals surface area contributed by atoms with Gasteiger partial charge in [0.2, 0.25) is 5.91 Å².